The van der Waals surface area contributed by atoms with Gasteiger partial charge in [0.1, 0.15) is 0 Å². The molecule has 96 valence electrons. The first kappa shape index (κ1) is 14.0. The molecule has 4 nitrogen and oxygen atoms in total. The molecular weight excluding hydrogens is 244 g/mol. The average molecular weight is 261 g/mol. The van der Waals surface area contributed by atoms with E-state index in [1.807, 2.05) is 0 Å². The molecule has 1 aliphatic carbocycles. The van der Waals surface area contributed by atoms with E-state index in [9.17, 15) is 9.59 Å². The Morgan fingerprint density at radius 3 is 2.29 bits per heavy atom. The van der Waals surface area contributed by atoms with Crippen molar-refractivity contribution < 1.29 is 19.1 Å². The van der Waals surface area contributed by atoms with Gasteiger partial charge < -0.3 is 9.47 Å². The fraction of sp³-hybridized carbons (Fsp3) is 0.667. The van der Waals surface area contributed by atoms with Crippen LogP contribution >= 0.6 is 11.6 Å². The Kier molecular flexibility index (Phi) is 5.48. The van der Waals surface area contributed by atoms with Gasteiger partial charge in [0.05, 0.1) is 25.0 Å². The number of rotatable bonds is 4. The van der Waals surface area contributed by atoms with Crippen LogP contribution in [0.5, 0.6) is 0 Å². The summed E-state index contributed by atoms with van der Waals surface area (Å²) < 4.78 is 9.91. The first-order valence-corrected chi connectivity index (χ1v) is 6.15. The van der Waals surface area contributed by atoms with Gasteiger partial charge in [-0.25, -0.2) is 0 Å². The highest BCUT2D eigenvalue weighted by Crippen LogP contribution is 2.33. The summed E-state index contributed by atoms with van der Waals surface area (Å²) in [6.45, 7) is 4.08. The summed E-state index contributed by atoms with van der Waals surface area (Å²) in [4.78, 5) is 23.5. The van der Waals surface area contributed by atoms with Gasteiger partial charge in [0.2, 0.25) is 0 Å². The lowest BCUT2D eigenvalue weighted by molar-refractivity contribution is -0.160. The largest absolute Gasteiger partial charge is 0.466 e. The number of hydrogen-bond donors (Lipinski definition) is 0. The Morgan fingerprint density at radius 2 is 1.76 bits per heavy atom. The minimum atomic E-state index is -0.522. The molecule has 0 aromatic carbocycles. The van der Waals surface area contributed by atoms with Crippen molar-refractivity contribution in [2.45, 2.75) is 26.7 Å². The van der Waals surface area contributed by atoms with Crippen molar-refractivity contribution in [1.82, 2.24) is 0 Å². The van der Waals surface area contributed by atoms with Gasteiger partial charge in [-0.2, -0.15) is 0 Å². The molecule has 0 saturated heterocycles. The number of ether oxygens (including phenoxy) is 2. The van der Waals surface area contributed by atoms with Crippen molar-refractivity contribution in [3.63, 3.8) is 0 Å². The summed E-state index contributed by atoms with van der Waals surface area (Å²) in [5, 5.41) is 0.601. The quantitative estimate of drug-likeness (QED) is 0.728. The number of halogens is 1. The van der Waals surface area contributed by atoms with Gasteiger partial charge in [-0.3, -0.25) is 9.59 Å². The normalized spacial score (nSPS) is 23.8. The molecular formula is C12H17ClO4. The monoisotopic (exact) mass is 260 g/mol. The third-order valence-corrected chi connectivity index (χ3v) is 2.98. The van der Waals surface area contributed by atoms with Crippen molar-refractivity contribution >= 4 is 23.5 Å². The second-order valence-electron chi connectivity index (χ2n) is 3.81. The van der Waals surface area contributed by atoms with E-state index in [4.69, 9.17) is 21.1 Å². The van der Waals surface area contributed by atoms with Crippen molar-refractivity contribution in [2.75, 3.05) is 13.2 Å². The maximum atomic E-state index is 11.7. The molecule has 0 amide bonds. The zero-order valence-electron chi connectivity index (χ0n) is 10.1. The Hall–Kier alpha value is -1.03. The van der Waals surface area contributed by atoms with Crippen LogP contribution < -0.4 is 0 Å². The van der Waals surface area contributed by atoms with Crippen LogP contribution in [0.2, 0.25) is 0 Å². The zero-order chi connectivity index (χ0) is 12.8. The number of carbonyl (C=O) groups is 2. The molecule has 0 aromatic heterocycles. The van der Waals surface area contributed by atoms with Gasteiger partial charge in [-0.05, 0) is 26.7 Å². The summed E-state index contributed by atoms with van der Waals surface area (Å²) in [5.41, 5.74) is 0. The second-order valence-corrected chi connectivity index (χ2v) is 4.29. The summed E-state index contributed by atoms with van der Waals surface area (Å²) in [6.07, 6.45) is 2.55. The van der Waals surface area contributed by atoms with Gasteiger partial charge >= 0.3 is 11.9 Å². The number of carbonyl (C=O) groups excluding carboxylic acids is 2. The van der Waals surface area contributed by atoms with E-state index >= 15 is 0 Å². The van der Waals surface area contributed by atoms with Gasteiger partial charge in [0, 0.05) is 5.03 Å². The topological polar surface area (TPSA) is 52.6 Å². The van der Waals surface area contributed by atoms with Crippen LogP contribution in [0.25, 0.3) is 0 Å². The lowest BCUT2D eigenvalue weighted by Crippen LogP contribution is -2.34. The first-order valence-electron chi connectivity index (χ1n) is 5.77. The van der Waals surface area contributed by atoms with E-state index in [1.165, 1.54) is 0 Å². The maximum absolute atomic E-state index is 11.7. The van der Waals surface area contributed by atoms with Crippen LogP contribution in [-0.2, 0) is 19.1 Å². The Labute approximate surface area is 106 Å². The van der Waals surface area contributed by atoms with E-state index in [2.05, 4.69) is 0 Å². The van der Waals surface area contributed by atoms with Crippen molar-refractivity contribution in [3.8, 4) is 0 Å². The summed E-state index contributed by atoms with van der Waals surface area (Å²) in [7, 11) is 0. The van der Waals surface area contributed by atoms with E-state index < -0.39 is 11.8 Å². The number of esters is 2. The molecule has 2 atom stereocenters. The molecule has 0 N–H and O–H groups in total. The number of hydrogen-bond acceptors (Lipinski definition) is 4. The number of allylic oxidation sites excluding steroid dienone is 2. The third-order valence-electron chi connectivity index (χ3n) is 2.67. The molecule has 0 aromatic rings. The molecule has 1 aliphatic rings. The molecule has 0 aliphatic heterocycles. The highest BCUT2D eigenvalue weighted by atomic mass is 35.5. The van der Waals surface area contributed by atoms with Crippen LogP contribution in [0.1, 0.15) is 26.7 Å². The van der Waals surface area contributed by atoms with E-state index in [0.29, 0.717) is 31.1 Å². The van der Waals surface area contributed by atoms with Crippen LogP contribution in [-0.4, -0.2) is 25.2 Å². The fourth-order valence-corrected chi connectivity index (χ4v) is 2.12. The highest BCUT2D eigenvalue weighted by Gasteiger charge is 2.37. The Morgan fingerprint density at radius 1 is 1.24 bits per heavy atom. The molecule has 0 fully saturated rings. The Bertz CT molecular complexity index is 324. The zero-order valence-corrected chi connectivity index (χ0v) is 10.8. The fourth-order valence-electron chi connectivity index (χ4n) is 1.86. The lowest BCUT2D eigenvalue weighted by Gasteiger charge is -2.26. The third kappa shape index (κ3) is 3.73. The van der Waals surface area contributed by atoms with Gasteiger partial charge in [0.25, 0.3) is 0 Å². The van der Waals surface area contributed by atoms with Gasteiger partial charge in [-0.1, -0.05) is 17.7 Å². The molecule has 0 bridgehead atoms. The van der Waals surface area contributed by atoms with E-state index in [1.54, 1.807) is 19.9 Å². The molecule has 2 unspecified atom stereocenters. The standard InChI is InChI=1S/C12H17ClO4/c1-3-16-11(14)9-6-5-8(13)7-10(9)12(15)17-4-2/h5,9-10H,3-4,6-7H2,1-2H3. The maximum Gasteiger partial charge on any atom is 0.310 e. The SMILES string of the molecule is CCOC(=O)C1CC=C(Cl)CC1C(=O)OCC. The second kappa shape index (κ2) is 6.64. The molecule has 1 rings (SSSR count). The van der Waals surface area contributed by atoms with Gasteiger partial charge in [-0.15, -0.1) is 0 Å². The Balaban J connectivity index is 2.77. The molecule has 0 radical (unpaired) electrons. The minimum Gasteiger partial charge on any atom is -0.466 e. The summed E-state index contributed by atoms with van der Waals surface area (Å²) in [6, 6.07) is 0. The predicted molar refractivity (Wildman–Crippen MR) is 63.4 cm³/mol. The summed E-state index contributed by atoms with van der Waals surface area (Å²) in [5.74, 6) is -1.73. The molecule has 0 spiro atoms. The smallest absolute Gasteiger partial charge is 0.310 e. The summed E-state index contributed by atoms with van der Waals surface area (Å²) >= 11 is 5.90. The lowest BCUT2D eigenvalue weighted by atomic mass is 9.83. The van der Waals surface area contributed by atoms with Crippen molar-refractivity contribution in [1.29, 1.82) is 0 Å². The molecule has 5 heteroatoms. The molecule has 0 saturated carbocycles. The van der Waals surface area contributed by atoms with Crippen LogP contribution in [0, 0.1) is 11.8 Å². The minimum absolute atomic E-state index is 0.298. The van der Waals surface area contributed by atoms with E-state index in [-0.39, 0.29) is 11.9 Å². The molecule has 0 heterocycles. The van der Waals surface area contributed by atoms with Crippen LogP contribution in [0.3, 0.4) is 0 Å². The highest BCUT2D eigenvalue weighted by molar-refractivity contribution is 6.29. The average Bonchev–Trinajstić information content (AvgIpc) is 2.29. The van der Waals surface area contributed by atoms with Crippen LogP contribution in [0.4, 0.5) is 0 Å². The molecule has 17 heavy (non-hydrogen) atoms. The van der Waals surface area contributed by atoms with Crippen molar-refractivity contribution in [3.05, 3.63) is 11.1 Å². The predicted octanol–water partition coefficient (Wildman–Crippen LogP) is 2.26. The van der Waals surface area contributed by atoms with Gasteiger partial charge in [0.15, 0.2) is 0 Å². The van der Waals surface area contributed by atoms with Crippen LogP contribution in [0.15, 0.2) is 11.1 Å². The van der Waals surface area contributed by atoms with Crippen molar-refractivity contribution in [2.24, 2.45) is 11.8 Å². The first-order chi connectivity index (χ1) is 8.10. The van der Waals surface area contributed by atoms with E-state index in [0.717, 1.165) is 0 Å².